The molecule has 168 valence electrons. The largest absolute Gasteiger partial charge is 0.464 e. The third kappa shape index (κ3) is 5.49. The normalized spacial score (nSPS) is 16.8. The molecule has 2 rings (SSSR count). The van der Waals surface area contributed by atoms with Gasteiger partial charge in [-0.25, -0.2) is 14.6 Å². The van der Waals surface area contributed by atoms with Gasteiger partial charge in [-0.3, -0.25) is 9.36 Å². The van der Waals surface area contributed by atoms with Crippen LogP contribution in [-0.2, 0) is 26.1 Å². The first-order valence-corrected chi connectivity index (χ1v) is 11.1. The molecule has 1 aromatic rings. The number of hydrogen-bond donors (Lipinski definition) is 0. The van der Waals surface area contributed by atoms with Crippen molar-refractivity contribution in [3.05, 3.63) is 21.9 Å². The van der Waals surface area contributed by atoms with E-state index in [-0.39, 0.29) is 12.4 Å². The Kier molecular flexibility index (Phi) is 6.80. The third-order valence-corrected chi connectivity index (χ3v) is 4.80. The first-order valence-electron chi connectivity index (χ1n) is 9.33. The summed E-state index contributed by atoms with van der Waals surface area (Å²) in [6, 6.07) is -0.675. The number of rotatable bonds is 4. The second kappa shape index (κ2) is 8.62. The summed E-state index contributed by atoms with van der Waals surface area (Å²) in [7, 11) is -1.52. The zero-order valence-electron chi connectivity index (χ0n) is 17.9. The number of amides is 1. The summed E-state index contributed by atoms with van der Waals surface area (Å²) < 4.78 is 39.3. The van der Waals surface area contributed by atoms with Gasteiger partial charge in [-0.05, 0) is 40.0 Å². The van der Waals surface area contributed by atoms with Crippen LogP contribution in [0.1, 0.15) is 62.4 Å². The minimum atomic E-state index is -4.11. The van der Waals surface area contributed by atoms with E-state index in [4.69, 9.17) is 8.92 Å². The molecule has 0 saturated carbocycles. The minimum Gasteiger partial charge on any atom is -0.464 e. The summed E-state index contributed by atoms with van der Waals surface area (Å²) in [6.45, 7) is 5.41. The quantitative estimate of drug-likeness (QED) is 0.498. The van der Waals surface area contributed by atoms with Gasteiger partial charge in [-0.15, -0.1) is 0 Å². The second-order valence-electron chi connectivity index (χ2n) is 7.99. The molecule has 0 saturated heterocycles. The molecule has 0 aromatic carbocycles. The van der Waals surface area contributed by atoms with E-state index in [9.17, 15) is 22.8 Å². The van der Waals surface area contributed by atoms with Crippen LogP contribution >= 0.6 is 0 Å². The maximum atomic E-state index is 13.0. The summed E-state index contributed by atoms with van der Waals surface area (Å²) in [4.78, 5) is 43.4. The molecule has 0 bridgehead atoms. The monoisotopic (exact) mass is 445 g/mol. The fourth-order valence-corrected chi connectivity index (χ4v) is 3.50. The lowest BCUT2D eigenvalue weighted by Gasteiger charge is -2.30. The molecule has 0 radical (unpaired) electrons. The van der Waals surface area contributed by atoms with E-state index in [1.807, 2.05) is 0 Å². The maximum Gasteiger partial charge on any atom is 0.410 e. The number of nitrogens with zero attached hydrogens (tertiary/aromatic N) is 3. The number of fused-ring (bicyclic) bond motifs is 1. The number of methoxy groups -OCH3 is 1. The zero-order valence-corrected chi connectivity index (χ0v) is 18.7. The van der Waals surface area contributed by atoms with Crippen LogP contribution in [0.15, 0.2) is 4.79 Å². The highest BCUT2D eigenvalue weighted by atomic mass is 32.2. The van der Waals surface area contributed by atoms with Crippen LogP contribution < -0.4 is 9.74 Å². The smallest absolute Gasteiger partial charge is 0.410 e. The van der Waals surface area contributed by atoms with Gasteiger partial charge in [0.2, 0.25) is 5.75 Å². The van der Waals surface area contributed by atoms with Gasteiger partial charge in [0.15, 0.2) is 5.69 Å². The molecule has 11 nitrogen and oxygen atoms in total. The van der Waals surface area contributed by atoms with Gasteiger partial charge in [0, 0.05) is 13.6 Å². The minimum absolute atomic E-state index is 0.132. The molecule has 1 aliphatic heterocycles. The van der Waals surface area contributed by atoms with Crippen molar-refractivity contribution in [2.45, 2.75) is 58.2 Å². The number of carbonyl (C=O) groups is 2. The Hall–Kier alpha value is -2.63. The summed E-state index contributed by atoms with van der Waals surface area (Å²) in [6.07, 6.45) is 1.85. The lowest BCUT2D eigenvalue weighted by atomic mass is 10.1. The lowest BCUT2D eigenvalue weighted by molar-refractivity contribution is 0.0202. The molecule has 1 atom stereocenters. The lowest BCUT2D eigenvalue weighted by Crippen LogP contribution is -2.39. The Morgan fingerprint density at radius 3 is 2.40 bits per heavy atom. The molecule has 2 heterocycles. The van der Waals surface area contributed by atoms with Crippen LogP contribution in [0.25, 0.3) is 0 Å². The van der Waals surface area contributed by atoms with Crippen molar-refractivity contribution in [2.75, 3.05) is 20.4 Å². The Bertz CT molecular complexity index is 994. The first kappa shape index (κ1) is 23.6. The predicted octanol–water partition coefficient (Wildman–Crippen LogP) is 1.46. The Morgan fingerprint density at radius 1 is 1.23 bits per heavy atom. The van der Waals surface area contributed by atoms with E-state index < -0.39 is 50.8 Å². The van der Waals surface area contributed by atoms with E-state index in [2.05, 4.69) is 9.72 Å². The predicted molar refractivity (Wildman–Crippen MR) is 106 cm³/mol. The third-order valence-electron chi connectivity index (χ3n) is 4.33. The molecule has 12 heteroatoms. The Balaban J connectivity index is 2.66. The van der Waals surface area contributed by atoms with Crippen LogP contribution in [0.3, 0.4) is 0 Å². The summed E-state index contributed by atoms with van der Waals surface area (Å²) in [5.74, 6) is -1.63. The molecular formula is C18H27N3O8S. The first-order chi connectivity index (χ1) is 13.7. The van der Waals surface area contributed by atoms with Gasteiger partial charge in [0.25, 0.3) is 5.56 Å². The van der Waals surface area contributed by atoms with Crippen molar-refractivity contribution in [2.24, 2.45) is 0 Å². The molecule has 0 fully saturated rings. The van der Waals surface area contributed by atoms with Gasteiger partial charge < -0.3 is 18.6 Å². The average molecular weight is 445 g/mol. The highest BCUT2D eigenvalue weighted by Gasteiger charge is 2.34. The van der Waals surface area contributed by atoms with Crippen molar-refractivity contribution >= 4 is 22.2 Å². The van der Waals surface area contributed by atoms with Crippen molar-refractivity contribution in [1.29, 1.82) is 0 Å². The Labute approximate surface area is 175 Å². The number of ether oxygens (including phenoxy) is 2. The van der Waals surface area contributed by atoms with E-state index in [1.54, 1.807) is 20.8 Å². The van der Waals surface area contributed by atoms with Crippen molar-refractivity contribution in [1.82, 2.24) is 14.5 Å². The van der Waals surface area contributed by atoms with Crippen LogP contribution in [-0.4, -0.2) is 60.9 Å². The van der Waals surface area contributed by atoms with Crippen LogP contribution in [0.4, 0.5) is 4.79 Å². The van der Waals surface area contributed by atoms with E-state index in [1.165, 1.54) is 16.5 Å². The van der Waals surface area contributed by atoms with Crippen LogP contribution in [0.2, 0.25) is 0 Å². The van der Waals surface area contributed by atoms with Gasteiger partial charge in [-0.2, -0.15) is 8.42 Å². The molecule has 0 N–H and O–H groups in total. The zero-order chi connectivity index (χ0) is 22.9. The van der Waals surface area contributed by atoms with Crippen molar-refractivity contribution < 1.29 is 31.7 Å². The highest BCUT2D eigenvalue weighted by molar-refractivity contribution is 7.86. The molecule has 30 heavy (non-hydrogen) atoms. The molecule has 1 aliphatic rings. The molecule has 0 aliphatic carbocycles. The maximum absolute atomic E-state index is 13.0. The Morgan fingerprint density at radius 2 is 1.87 bits per heavy atom. The van der Waals surface area contributed by atoms with Crippen molar-refractivity contribution in [3.63, 3.8) is 0 Å². The fraction of sp³-hybridized carbons (Fsp3) is 0.667. The van der Waals surface area contributed by atoms with Crippen molar-refractivity contribution in [3.8, 4) is 5.75 Å². The van der Waals surface area contributed by atoms with E-state index >= 15 is 0 Å². The standard InChI is InChI=1S/C18H27N3O8S/c1-18(2,3)28-17(24)20(4)11-9-7-8-10-21-14(11)19-12(16(23)27-5)13(15(21)22)29-30(6,25)26/h11H,7-10H2,1-6H3. The summed E-state index contributed by atoms with van der Waals surface area (Å²) in [5.41, 5.74) is -2.13. The number of carbonyl (C=O) groups excluding carboxylic acids is 2. The van der Waals surface area contributed by atoms with Gasteiger partial charge in [0.1, 0.15) is 11.4 Å². The number of aromatic nitrogens is 2. The fourth-order valence-electron chi connectivity index (χ4n) is 3.05. The molecule has 1 amide bonds. The molecule has 0 spiro atoms. The van der Waals surface area contributed by atoms with Gasteiger partial charge >= 0.3 is 22.2 Å². The topological polar surface area (TPSA) is 134 Å². The molecular weight excluding hydrogens is 418 g/mol. The highest BCUT2D eigenvalue weighted by Crippen LogP contribution is 2.30. The van der Waals surface area contributed by atoms with Gasteiger partial charge in [-0.1, -0.05) is 0 Å². The van der Waals surface area contributed by atoms with E-state index in [0.29, 0.717) is 19.3 Å². The van der Waals surface area contributed by atoms with Gasteiger partial charge in [0.05, 0.1) is 19.4 Å². The summed E-state index contributed by atoms with van der Waals surface area (Å²) >= 11 is 0. The second-order valence-corrected chi connectivity index (χ2v) is 9.56. The number of esters is 1. The molecule has 1 unspecified atom stereocenters. The SMILES string of the molecule is COC(=O)c1nc2n(c(=O)c1OS(C)(=O)=O)CCCCC2N(C)C(=O)OC(C)(C)C. The summed E-state index contributed by atoms with van der Waals surface area (Å²) in [5, 5.41) is 0. The number of hydrogen-bond acceptors (Lipinski definition) is 9. The molecule has 1 aromatic heterocycles. The average Bonchev–Trinajstić information content (AvgIpc) is 2.82. The van der Waals surface area contributed by atoms with E-state index in [0.717, 1.165) is 13.4 Å². The van der Waals surface area contributed by atoms with Crippen LogP contribution in [0.5, 0.6) is 5.75 Å². The van der Waals surface area contributed by atoms with Crippen LogP contribution in [0, 0.1) is 0 Å².